The van der Waals surface area contributed by atoms with E-state index in [1.807, 2.05) is 30.5 Å². The molecular weight excluding hydrogens is 772 g/mol. The first-order valence-corrected chi connectivity index (χ1v) is 16.4. The van der Waals surface area contributed by atoms with E-state index in [0.717, 1.165) is 39.0 Å². The molecule has 0 saturated carbocycles. The fraction of sp³-hybridized carbons (Fsp3) is 0.238. The molecule has 0 amide bonds. The Hall–Kier alpha value is -4.34. The number of rotatable bonds is 7. The third-order valence-corrected chi connectivity index (χ3v) is 8.88. The van der Waals surface area contributed by atoms with Crippen LogP contribution in [0.2, 0.25) is 0 Å². The van der Waals surface area contributed by atoms with Gasteiger partial charge < -0.3 is 19.1 Å². The predicted molar refractivity (Wildman–Crippen MR) is 194 cm³/mol. The van der Waals surface area contributed by atoms with Gasteiger partial charge in [-0.3, -0.25) is 0 Å². The van der Waals surface area contributed by atoms with E-state index in [2.05, 4.69) is 155 Å². The van der Waals surface area contributed by atoms with Crippen molar-refractivity contribution in [2.24, 2.45) is 0 Å². The predicted octanol–water partition coefficient (Wildman–Crippen LogP) is 11.0. The van der Waals surface area contributed by atoms with Gasteiger partial charge in [0.1, 0.15) is 5.82 Å². The van der Waals surface area contributed by atoms with Gasteiger partial charge in [-0.1, -0.05) is 78.2 Å². The van der Waals surface area contributed by atoms with Crippen molar-refractivity contribution >= 4 is 33.2 Å². The van der Waals surface area contributed by atoms with E-state index in [9.17, 15) is 0 Å². The summed E-state index contributed by atoms with van der Waals surface area (Å²) in [7, 11) is 0. The SMILES string of the molecule is CC(C)c1cc(C(C)C)cc(N2C=CN(c3[c-]c(Oc4[c-]c5c(cc4)c4ccccc4n5-c4cc(C(C)(C)C)ccn4)ccc3)[CH-]2)c1.[Pt]. The van der Waals surface area contributed by atoms with Gasteiger partial charge >= 0.3 is 0 Å². The summed E-state index contributed by atoms with van der Waals surface area (Å²) in [5.74, 6) is 3.03. The Balaban J connectivity index is 0.00000401. The maximum Gasteiger partial charge on any atom is 0.135 e. The normalized spacial score (nSPS) is 13.3. The Kier molecular flexibility index (Phi) is 9.28. The number of para-hydroxylation sites is 1. The van der Waals surface area contributed by atoms with Crippen molar-refractivity contribution in [3.8, 4) is 17.3 Å². The fourth-order valence-electron chi connectivity index (χ4n) is 6.07. The average Bonchev–Trinajstić information content (AvgIpc) is 3.68. The number of pyridine rings is 1. The number of anilines is 2. The Labute approximate surface area is 299 Å². The molecule has 0 saturated heterocycles. The summed E-state index contributed by atoms with van der Waals surface area (Å²) in [6.45, 7) is 17.7. The number of hydrogen-bond acceptors (Lipinski definition) is 4. The molecule has 0 radical (unpaired) electrons. The second kappa shape index (κ2) is 13.3. The van der Waals surface area contributed by atoms with E-state index in [1.165, 1.54) is 16.7 Å². The van der Waals surface area contributed by atoms with Crippen molar-refractivity contribution in [1.29, 1.82) is 0 Å². The van der Waals surface area contributed by atoms with Crippen LogP contribution in [-0.2, 0) is 26.5 Å². The topological polar surface area (TPSA) is 33.5 Å². The summed E-state index contributed by atoms with van der Waals surface area (Å²) in [6, 6.07) is 36.7. The van der Waals surface area contributed by atoms with Gasteiger partial charge in [-0.05, 0) is 82.1 Å². The van der Waals surface area contributed by atoms with Crippen molar-refractivity contribution in [3.05, 3.63) is 139 Å². The van der Waals surface area contributed by atoms with E-state index in [1.54, 1.807) is 0 Å². The van der Waals surface area contributed by atoms with E-state index in [4.69, 9.17) is 9.72 Å². The van der Waals surface area contributed by atoms with Gasteiger partial charge in [0.15, 0.2) is 0 Å². The first kappa shape index (κ1) is 33.6. The molecule has 0 atom stereocenters. The van der Waals surface area contributed by atoms with Crippen molar-refractivity contribution in [1.82, 2.24) is 9.55 Å². The van der Waals surface area contributed by atoms with E-state index < -0.39 is 0 Å². The third kappa shape index (κ3) is 6.53. The van der Waals surface area contributed by atoms with Crippen LogP contribution in [0.4, 0.5) is 11.4 Å². The van der Waals surface area contributed by atoms with Crippen LogP contribution in [0, 0.1) is 18.8 Å². The molecule has 6 aromatic rings. The second-order valence-corrected chi connectivity index (χ2v) is 14.0. The zero-order valence-electron chi connectivity index (χ0n) is 28.6. The van der Waals surface area contributed by atoms with Gasteiger partial charge in [-0.2, -0.15) is 12.1 Å². The number of benzene rings is 4. The molecule has 1 aliphatic rings. The van der Waals surface area contributed by atoms with Crippen LogP contribution in [-0.4, -0.2) is 9.55 Å². The van der Waals surface area contributed by atoms with Crippen molar-refractivity contribution < 1.29 is 25.8 Å². The van der Waals surface area contributed by atoms with Crippen LogP contribution >= 0.6 is 0 Å². The molecule has 0 bridgehead atoms. The molecule has 3 heterocycles. The largest absolute Gasteiger partial charge is 0.509 e. The quantitative estimate of drug-likeness (QED) is 0.150. The van der Waals surface area contributed by atoms with Crippen LogP contribution in [0.25, 0.3) is 27.6 Å². The van der Waals surface area contributed by atoms with E-state index in [-0.39, 0.29) is 26.5 Å². The molecule has 0 N–H and O–H groups in total. The molecule has 5 nitrogen and oxygen atoms in total. The molecule has 1 aliphatic heterocycles. The molecule has 6 heteroatoms. The maximum absolute atomic E-state index is 6.42. The summed E-state index contributed by atoms with van der Waals surface area (Å²) in [4.78, 5) is 9.04. The monoisotopic (exact) mass is 812 g/mol. The van der Waals surface area contributed by atoms with E-state index >= 15 is 0 Å². The minimum absolute atomic E-state index is 0. The second-order valence-electron chi connectivity index (χ2n) is 14.0. The van der Waals surface area contributed by atoms with Gasteiger partial charge in [0.05, 0.1) is 0 Å². The number of hydrogen-bond donors (Lipinski definition) is 0. The molecule has 0 spiro atoms. The summed E-state index contributed by atoms with van der Waals surface area (Å²) in [5, 5.41) is 2.26. The Morgan fingerprint density at radius 1 is 0.729 bits per heavy atom. The number of nitrogens with zero attached hydrogens (tertiary/aromatic N) is 4. The van der Waals surface area contributed by atoms with Crippen LogP contribution in [0.3, 0.4) is 0 Å². The van der Waals surface area contributed by atoms with Gasteiger partial charge in [-0.15, -0.1) is 48.1 Å². The summed E-state index contributed by atoms with van der Waals surface area (Å²) in [5.41, 5.74) is 7.99. The Bertz CT molecular complexity index is 2090. The average molecular weight is 813 g/mol. The van der Waals surface area contributed by atoms with Crippen LogP contribution in [0.15, 0.2) is 104 Å². The van der Waals surface area contributed by atoms with Gasteiger partial charge in [0.25, 0.3) is 0 Å². The van der Waals surface area contributed by atoms with Crippen molar-refractivity contribution in [2.45, 2.75) is 65.7 Å². The molecule has 248 valence electrons. The standard InChI is InChI=1S/C42H41N4O.Pt/c1-28(2)30-21-31(29(3)4)23-34(22-30)45-20-19-44(27-45)33-11-10-12-35(25-33)47-36-15-16-38-37-13-8-9-14-39(37)46(40(38)26-36)41-24-32(17-18-43-41)42(5,6)7;/h8-24,27-29H,1-7H3;/q-3;. The van der Waals surface area contributed by atoms with Crippen LogP contribution in [0.1, 0.15) is 77.0 Å². The van der Waals surface area contributed by atoms with Gasteiger partial charge in [0.2, 0.25) is 0 Å². The Morgan fingerprint density at radius 2 is 1.44 bits per heavy atom. The molecule has 48 heavy (non-hydrogen) atoms. The van der Waals surface area contributed by atoms with Gasteiger partial charge in [0, 0.05) is 50.0 Å². The minimum Gasteiger partial charge on any atom is -0.509 e. The van der Waals surface area contributed by atoms with Crippen LogP contribution < -0.4 is 14.5 Å². The minimum atomic E-state index is 0. The molecular formula is C42H41N4OPt-3. The number of fused-ring (bicyclic) bond motifs is 3. The third-order valence-electron chi connectivity index (χ3n) is 8.88. The molecule has 0 unspecified atom stereocenters. The first-order chi connectivity index (χ1) is 22.5. The number of aromatic nitrogens is 2. The first-order valence-electron chi connectivity index (χ1n) is 16.4. The zero-order chi connectivity index (χ0) is 32.9. The van der Waals surface area contributed by atoms with E-state index in [0.29, 0.717) is 23.3 Å². The Morgan fingerprint density at radius 3 is 2.17 bits per heavy atom. The molecule has 2 aromatic heterocycles. The molecule has 0 aliphatic carbocycles. The van der Waals surface area contributed by atoms with Crippen molar-refractivity contribution in [2.75, 3.05) is 9.80 Å². The molecule has 4 aromatic carbocycles. The van der Waals surface area contributed by atoms with Crippen molar-refractivity contribution in [3.63, 3.8) is 0 Å². The maximum atomic E-state index is 6.42. The molecule has 0 fully saturated rings. The fourth-order valence-corrected chi connectivity index (χ4v) is 6.07. The molecule has 7 rings (SSSR count). The summed E-state index contributed by atoms with van der Waals surface area (Å²) in [6.07, 6.45) is 6.04. The number of ether oxygens (including phenoxy) is 1. The summed E-state index contributed by atoms with van der Waals surface area (Å²) < 4.78 is 8.61. The zero-order valence-corrected chi connectivity index (χ0v) is 30.8. The summed E-state index contributed by atoms with van der Waals surface area (Å²) >= 11 is 0. The smallest absolute Gasteiger partial charge is 0.135 e. The van der Waals surface area contributed by atoms with Crippen LogP contribution in [0.5, 0.6) is 11.5 Å². The van der Waals surface area contributed by atoms with Gasteiger partial charge in [-0.25, -0.2) is 4.98 Å².